The first-order valence-electron chi connectivity index (χ1n) is 7.22. The fourth-order valence-electron chi connectivity index (χ4n) is 3.12. The molecule has 18 heavy (non-hydrogen) atoms. The Labute approximate surface area is 109 Å². The number of nitrogens with zero attached hydrogens (tertiary/aromatic N) is 2. The van der Waals surface area contributed by atoms with Crippen LogP contribution in [0, 0.1) is 6.92 Å². The fourth-order valence-corrected chi connectivity index (χ4v) is 3.12. The Morgan fingerprint density at radius 2 is 1.94 bits per heavy atom. The van der Waals surface area contributed by atoms with Crippen molar-refractivity contribution in [2.24, 2.45) is 0 Å². The molecule has 1 aliphatic heterocycles. The highest BCUT2D eigenvalue weighted by molar-refractivity contribution is 5.31. The van der Waals surface area contributed by atoms with Gasteiger partial charge >= 0.3 is 0 Å². The zero-order valence-electron chi connectivity index (χ0n) is 11.2. The smallest absolute Gasteiger partial charge is 0.203 e. The molecule has 100 valence electrons. The van der Waals surface area contributed by atoms with Crippen molar-refractivity contribution < 1.29 is 4.74 Å². The molecule has 1 aliphatic carbocycles. The summed E-state index contributed by atoms with van der Waals surface area (Å²) in [6.07, 6.45) is 9.69. The summed E-state index contributed by atoms with van der Waals surface area (Å²) in [6.45, 7) is 3.84. The van der Waals surface area contributed by atoms with Crippen molar-refractivity contribution in [1.82, 2.24) is 9.55 Å². The summed E-state index contributed by atoms with van der Waals surface area (Å²) in [5, 5.41) is 3.64. The zero-order valence-corrected chi connectivity index (χ0v) is 11.2. The monoisotopic (exact) mass is 249 g/mol. The van der Waals surface area contributed by atoms with E-state index in [1.54, 1.807) is 0 Å². The molecule has 1 saturated heterocycles. The maximum absolute atomic E-state index is 5.45. The van der Waals surface area contributed by atoms with Crippen LogP contribution in [0.2, 0.25) is 0 Å². The van der Waals surface area contributed by atoms with Gasteiger partial charge in [0.2, 0.25) is 5.95 Å². The Morgan fingerprint density at radius 1 is 1.22 bits per heavy atom. The van der Waals surface area contributed by atoms with Crippen LogP contribution >= 0.6 is 0 Å². The van der Waals surface area contributed by atoms with E-state index in [4.69, 9.17) is 4.74 Å². The maximum Gasteiger partial charge on any atom is 0.203 e. The SMILES string of the molecule is Cc1cn(C2CCOCC2)c(NC2CCCC2)n1. The van der Waals surface area contributed by atoms with Crippen molar-refractivity contribution in [3.63, 3.8) is 0 Å². The normalized spacial score (nSPS) is 22.5. The van der Waals surface area contributed by atoms with Crippen LogP contribution in [0.4, 0.5) is 5.95 Å². The van der Waals surface area contributed by atoms with E-state index in [0.717, 1.165) is 37.7 Å². The molecule has 2 heterocycles. The summed E-state index contributed by atoms with van der Waals surface area (Å²) in [5.41, 5.74) is 1.11. The largest absolute Gasteiger partial charge is 0.381 e. The third kappa shape index (κ3) is 2.53. The average Bonchev–Trinajstić information content (AvgIpc) is 3.01. The van der Waals surface area contributed by atoms with E-state index >= 15 is 0 Å². The molecule has 2 fully saturated rings. The number of imidazole rings is 1. The number of hydrogen-bond acceptors (Lipinski definition) is 3. The van der Waals surface area contributed by atoms with Gasteiger partial charge in [-0.05, 0) is 32.6 Å². The van der Waals surface area contributed by atoms with Gasteiger partial charge in [-0.3, -0.25) is 0 Å². The van der Waals surface area contributed by atoms with Crippen molar-refractivity contribution >= 4 is 5.95 Å². The molecule has 3 rings (SSSR count). The highest BCUT2D eigenvalue weighted by atomic mass is 16.5. The molecular formula is C14H23N3O. The molecule has 2 aliphatic rings. The molecule has 1 saturated carbocycles. The van der Waals surface area contributed by atoms with Crippen LogP contribution < -0.4 is 5.32 Å². The number of anilines is 1. The lowest BCUT2D eigenvalue weighted by Gasteiger charge is -2.26. The molecule has 0 bridgehead atoms. The number of aromatic nitrogens is 2. The minimum atomic E-state index is 0.559. The molecule has 0 atom stereocenters. The zero-order chi connectivity index (χ0) is 12.4. The Bertz CT molecular complexity index is 390. The maximum atomic E-state index is 5.45. The van der Waals surface area contributed by atoms with E-state index in [-0.39, 0.29) is 0 Å². The molecule has 1 N–H and O–H groups in total. The molecule has 0 aromatic carbocycles. The first kappa shape index (κ1) is 12.0. The third-order valence-corrected chi connectivity index (χ3v) is 4.13. The van der Waals surface area contributed by atoms with Gasteiger partial charge in [-0.15, -0.1) is 0 Å². The number of nitrogens with one attached hydrogen (secondary N) is 1. The first-order chi connectivity index (χ1) is 8.83. The minimum Gasteiger partial charge on any atom is -0.381 e. The topological polar surface area (TPSA) is 39.1 Å². The van der Waals surface area contributed by atoms with E-state index in [9.17, 15) is 0 Å². The van der Waals surface area contributed by atoms with Gasteiger partial charge in [0, 0.05) is 31.5 Å². The summed E-state index contributed by atoms with van der Waals surface area (Å²) < 4.78 is 7.79. The molecule has 4 nitrogen and oxygen atoms in total. The van der Waals surface area contributed by atoms with Gasteiger partial charge in [0.15, 0.2) is 0 Å². The quantitative estimate of drug-likeness (QED) is 0.895. The molecular weight excluding hydrogens is 226 g/mol. The molecule has 4 heteroatoms. The lowest BCUT2D eigenvalue weighted by molar-refractivity contribution is 0.0700. The van der Waals surface area contributed by atoms with Crippen LogP contribution in [0.25, 0.3) is 0 Å². The summed E-state index contributed by atoms with van der Waals surface area (Å²) >= 11 is 0. The van der Waals surface area contributed by atoms with Crippen molar-refractivity contribution in [2.75, 3.05) is 18.5 Å². The number of hydrogen-bond donors (Lipinski definition) is 1. The van der Waals surface area contributed by atoms with E-state index in [1.807, 2.05) is 0 Å². The van der Waals surface area contributed by atoms with E-state index in [2.05, 4.69) is 28.0 Å². The summed E-state index contributed by atoms with van der Waals surface area (Å²) in [4.78, 5) is 4.66. The van der Waals surface area contributed by atoms with Gasteiger partial charge in [-0.25, -0.2) is 4.98 Å². The fraction of sp³-hybridized carbons (Fsp3) is 0.786. The third-order valence-electron chi connectivity index (χ3n) is 4.13. The second kappa shape index (κ2) is 5.31. The summed E-state index contributed by atoms with van der Waals surface area (Å²) in [6, 6.07) is 1.19. The Kier molecular flexibility index (Phi) is 3.55. The van der Waals surface area contributed by atoms with Crippen LogP contribution in [0.1, 0.15) is 50.3 Å². The highest BCUT2D eigenvalue weighted by Crippen LogP contribution is 2.27. The predicted molar refractivity (Wildman–Crippen MR) is 71.9 cm³/mol. The number of aryl methyl sites for hydroxylation is 1. The van der Waals surface area contributed by atoms with Crippen LogP contribution in [-0.4, -0.2) is 28.8 Å². The molecule has 0 radical (unpaired) electrons. The summed E-state index contributed by atoms with van der Waals surface area (Å²) in [5.74, 6) is 1.08. The second-order valence-electron chi connectivity index (χ2n) is 5.58. The van der Waals surface area contributed by atoms with Crippen molar-refractivity contribution in [2.45, 2.75) is 57.5 Å². The van der Waals surface area contributed by atoms with Crippen LogP contribution in [-0.2, 0) is 4.74 Å². The number of rotatable bonds is 3. The minimum absolute atomic E-state index is 0.559. The Balaban J connectivity index is 1.75. The van der Waals surface area contributed by atoms with Crippen molar-refractivity contribution in [1.29, 1.82) is 0 Å². The van der Waals surface area contributed by atoms with Crippen LogP contribution in [0.3, 0.4) is 0 Å². The lowest BCUT2D eigenvalue weighted by atomic mass is 10.1. The Morgan fingerprint density at radius 3 is 2.67 bits per heavy atom. The van der Waals surface area contributed by atoms with E-state index in [1.165, 1.54) is 25.7 Å². The highest BCUT2D eigenvalue weighted by Gasteiger charge is 2.22. The predicted octanol–water partition coefficient (Wildman–Crippen LogP) is 2.90. The van der Waals surface area contributed by atoms with E-state index in [0.29, 0.717) is 12.1 Å². The van der Waals surface area contributed by atoms with Gasteiger partial charge < -0.3 is 14.6 Å². The Hall–Kier alpha value is -1.03. The van der Waals surface area contributed by atoms with Crippen molar-refractivity contribution in [3.05, 3.63) is 11.9 Å². The molecule has 1 aromatic heterocycles. The molecule has 0 spiro atoms. The lowest BCUT2D eigenvalue weighted by Crippen LogP contribution is -2.23. The average molecular weight is 249 g/mol. The van der Waals surface area contributed by atoms with Crippen LogP contribution in [0.5, 0.6) is 0 Å². The standard InChI is InChI=1S/C14H23N3O/c1-11-10-17(13-6-8-18-9-7-13)14(15-11)16-12-4-2-3-5-12/h10,12-13H,2-9H2,1H3,(H,15,16). The van der Waals surface area contributed by atoms with Gasteiger partial charge in [-0.2, -0.15) is 0 Å². The van der Waals surface area contributed by atoms with Gasteiger partial charge in [0.05, 0.1) is 5.69 Å². The van der Waals surface area contributed by atoms with Gasteiger partial charge in [-0.1, -0.05) is 12.8 Å². The first-order valence-corrected chi connectivity index (χ1v) is 7.22. The second-order valence-corrected chi connectivity index (χ2v) is 5.58. The van der Waals surface area contributed by atoms with E-state index < -0.39 is 0 Å². The van der Waals surface area contributed by atoms with Crippen LogP contribution in [0.15, 0.2) is 6.20 Å². The van der Waals surface area contributed by atoms with Gasteiger partial charge in [0.25, 0.3) is 0 Å². The molecule has 0 unspecified atom stereocenters. The molecule has 1 aromatic rings. The summed E-state index contributed by atoms with van der Waals surface area (Å²) in [7, 11) is 0. The molecule has 0 amide bonds. The van der Waals surface area contributed by atoms with Gasteiger partial charge in [0.1, 0.15) is 0 Å². The number of ether oxygens (including phenoxy) is 1. The van der Waals surface area contributed by atoms with Crippen molar-refractivity contribution in [3.8, 4) is 0 Å².